The maximum atomic E-state index is 12.9. The zero-order valence-electron chi connectivity index (χ0n) is 7.53. The molecule has 1 unspecified atom stereocenters. The third-order valence-corrected chi connectivity index (χ3v) is 2.53. The molecule has 2 heteroatoms. The minimum atomic E-state index is -0.697. The predicted molar refractivity (Wildman–Crippen MR) is 46.3 cm³/mol. The van der Waals surface area contributed by atoms with Crippen LogP contribution in [0.5, 0.6) is 0 Å². The number of allylic oxidation sites excluding steroid dienone is 4. The van der Waals surface area contributed by atoms with Gasteiger partial charge in [-0.15, -0.1) is 0 Å². The number of hydrogen-bond donors (Lipinski definition) is 0. The Balaban J connectivity index is 2.87. The second kappa shape index (κ2) is 3.38. The van der Waals surface area contributed by atoms with Crippen LogP contribution in [0.15, 0.2) is 23.6 Å². The zero-order chi connectivity index (χ0) is 9.19. The van der Waals surface area contributed by atoms with Gasteiger partial charge in [0.2, 0.25) is 0 Å². The Morgan fingerprint density at radius 3 is 2.75 bits per heavy atom. The van der Waals surface area contributed by atoms with Crippen molar-refractivity contribution in [3.8, 4) is 0 Å². The van der Waals surface area contributed by atoms with Crippen LogP contribution in [0.3, 0.4) is 0 Å². The van der Waals surface area contributed by atoms with Gasteiger partial charge in [-0.25, -0.2) is 8.78 Å². The fourth-order valence-corrected chi connectivity index (χ4v) is 1.35. The Kier molecular flexibility index (Phi) is 2.65. The maximum absolute atomic E-state index is 12.9. The van der Waals surface area contributed by atoms with E-state index >= 15 is 0 Å². The Morgan fingerprint density at radius 2 is 2.25 bits per heavy atom. The van der Waals surface area contributed by atoms with Gasteiger partial charge in [-0.1, -0.05) is 19.9 Å². The molecule has 0 heterocycles. The fourth-order valence-electron chi connectivity index (χ4n) is 1.35. The lowest BCUT2D eigenvalue weighted by atomic mass is 9.79. The molecule has 0 aliphatic heterocycles. The van der Waals surface area contributed by atoms with E-state index in [0.717, 1.165) is 6.42 Å². The molecule has 68 valence electrons. The molecule has 12 heavy (non-hydrogen) atoms. The molecule has 0 amide bonds. The molecule has 1 atom stereocenters. The molecule has 1 aliphatic rings. The predicted octanol–water partition coefficient (Wildman–Crippen LogP) is 3.56. The van der Waals surface area contributed by atoms with Crippen LogP contribution in [-0.4, -0.2) is 6.67 Å². The highest BCUT2D eigenvalue weighted by molar-refractivity contribution is 5.32. The van der Waals surface area contributed by atoms with Gasteiger partial charge in [0, 0.05) is 5.57 Å². The Morgan fingerprint density at radius 1 is 1.58 bits per heavy atom. The van der Waals surface area contributed by atoms with E-state index < -0.39 is 6.67 Å². The van der Waals surface area contributed by atoms with Crippen LogP contribution in [0.25, 0.3) is 0 Å². The summed E-state index contributed by atoms with van der Waals surface area (Å²) in [6.45, 7) is 3.35. The first-order valence-electron chi connectivity index (χ1n) is 4.25. The van der Waals surface area contributed by atoms with Crippen LogP contribution >= 0.6 is 0 Å². The smallest absolute Gasteiger partial charge is 0.124 e. The summed E-state index contributed by atoms with van der Waals surface area (Å²) < 4.78 is 25.1. The van der Waals surface area contributed by atoms with Crippen molar-refractivity contribution in [1.29, 1.82) is 0 Å². The van der Waals surface area contributed by atoms with Gasteiger partial charge in [0.1, 0.15) is 12.5 Å². The SMILES string of the molecule is CCC1(C)C=C(CF)C(F)=CC1. The van der Waals surface area contributed by atoms with Gasteiger partial charge in [-0.3, -0.25) is 0 Å². The molecule has 0 saturated heterocycles. The van der Waals surface area contributed by atoms with Crippen LogP contribution in [0.4, 0.5) is 8.78 Å². The third-order valence-electron chi connectivity index (χ3n) is 2.53. The summed E-state index contributed by atoms with van der Waals surface area (Å²) in [5.74, 6) is -0.386. The molecule has 0 radical (unpaired) electrons. The molecule has 0 N–H and O–H groups in total. The van der Waals surface area contributed by atoms with E-state index in [-0.39, 0.29) is 16.8 Å². The molecule has 0 aromatic rings. The molecule has 0 fully saturated rings. The second-order valence-electron chi connectivity index (χ2n) is 3.57. The zero-order valence-corrected chi connectivity index (χ0v) is 7.53. The highest BCUT2D eigenvalue weighted by Crippen LogP contribution is 2.36. The lowest BCUT2D eigenvalue weighted by molar-refractivity contribution is 0.390. The maximum Gasteiger partial charge on any atom is 0.124 e. The Labute approximate surface area is 72.0 Å². The molecule has 1 rings (SSSR count). The minimum absolute atomic E-state index is 0.0446. The van der Waals surface area contributed by atoms with Crippen LogP contribution in [0, 0.1) is 5.41 Å². The van der Waals surface area contributed by atoms with Gasteiger partial charge in [0.05, 0.1) is 0 Å². The van der Waals surface area contributed by atoms with Crippen molar-refractivity contribution >= 4 is 0 Å². The highest BCUT2D eigenvalue weighted by atomic mass is 19.1. The Hall–Kier alpha value is -0.660. The number of rotatable bonds is 2. The van der Waals surface area contributed by atoms with E-state index in [1.165, 1.54) is 6.08 Å². The lowest BCUT2D eigenvalue weighted by Crippen LogP contribution is -2.15. The monoisotopic (exact) mass is 172 g/mol. The number of halogens is 2. The van der Waals surface area contributed by atoms with E-state index in [1.54, 1.807) is 6.08 Å². The lowest BCUT2D eigenvalue weighted by Gasteiger charge is -2.27. The molecule has 0 saturated carbocycles. The molecule has 0 spiro atoms. The summed E-state index contributed by atoms with van der Waals surface area (Å²) in [6.07, 6.45) is 4.81. The van der Waals surface area contributed by atoms with Gasteiger partial charge in [-0.2, -0.15) is 0 Å². The molecular weight excluding hydrogens is 158 g/mol. The molecular formula is C10H14F2. The standard InChI is InChI=1S/C10H14F2/c1-3-10(2)5-4-9(12)8(6-10)7-11/h4,6H,3,5,7H2,1-2H3. The largest absolute Gasteiger partial charge is 0.246 e. The first kappa shape index (κ1) is 9.43. The number of alkyl halides is 1. The van der Waals surface area contributed by atoms with Crippen molar-refractivity contribution in [1.82, 2.24) is 0 Å². The van der Waals surface area contributed by atoms with Crippen molar-refractivity contribution in [3.05, 3.63) is 23.6 Å². The quantitative estimate of drug-likeness (QED) is 0.597. The van der Waals surface area contributed by atoms with Gasteiger partial charge in [0.25, 0.3) is 0 Å². The van der Waals surface area contributed by atoms with Crippen molar-refractivity contribution in [2.75, 3.05) is 6.67 Å². The van der Waals surface area contributed by atoms with Crippen LogP contribution in [0.2, 0.25) is 0 Å². The van der Waals surface area contributed by atoms with Crippen molar-refractivity contribution in [3.63, 3.8) is 0 Å². The summed E-state index contributed by atoms with van der Waals surface area (Å²) >= 11 is 0. The van der Waals surface area contributed by atoms with Gasteiger partial charge in [-0.05, 0) is 24.3 Å². The molecule has 0 nitrogen and oxygen atoms in total. The highest BCUT2D eigenvalue weighted by Gasteiger charge is 2.24. The van der Waals surface area contributed by atoms with E-state index in [9.17, 15) is 8.78 Å². The average Bonchev–Trinajstić information content (AvgIpc) is 2.10. The van der Waals surface area contributed by atoms with Crippen molar-refractivity contribution < 1.29 is 8.78 Å². The summed E-state index contributed by atoms with van der Waals surface area (Å²) in [6, 6.07) is 0. The van der Waals surface area contributed by atoms with E-state index in [2.05, 4.69) is 0 Å². The number of hydrogen-bond acceptors (Lipinski definition) is 0. The van der Waals surface area contributed by atoms with Crippen LogP contribution in [-0.2, 0) is 0 Å². The topological polar surface area (TPSA) is 0 Å². The summed E-state index contributed by atoms with van der Waals surface area (Å²) in [5.41, 5.74) is 0.169. The van der Waals surface area contributed by atoms with Crippen LogP contribution in [0.1, 0.15) is 26.7 Å². The minimum Gasteiger partial charge on any atom is -0.246 e. The molecule has 0 bridgehead atoms. The average molecular weight is 172 g/mol. The second-order valence-corrected chi connectivity index (χ2v) is 3.57. The van der Waals surface area contributed by atoms with Crippen molar-refractivity contribution in [2.24, 2.45) is 5.41 Å². The normalized spacial score (nSPS) is 29.7. The van der Waals surface area contributed by atoms with Gasteiger partial charge in [0.15, 0.2) is 0 Å². The summed E-state index contributed by atoms with van der Waals surface area (Å²) in [5, 5.41) is 0. The summed E-state index contributed by atoms with van der Waals surface area (Å²) in [7, 11) is 0. The molecule has 0 aromatic carbocycles. The first-order chi connectivity index (χ1) is 5.61. The molecule has 0 aromatic heterocycles. The Bertz CT molecular complexity index is 228. The van der Waals surface area contributed by atoms with Gasteiger partial charge >= 0.3 is 0 Å². The molecule has 1 aliphatic carbocycles. The third kappa shape index (κ3) is 1.74. The van der Waals surface area contributed by atoms with E-state index in [4.69, 9.17) is 0 Å². The van der Waals surface area contributed by atoms with Crippen molar-refractivity contribution in [2.45, 2.75) is 26.7 Å². The van der Waals surface area contributed by atoms with E-state index in [1.807, 2.05) is 13.8 Å². The van der Waals surface area contributed by atoms with Crippen LogP contribution < -0.4 is 0 Å². The fraction of sp³-hybridized carbons (Fsp3) is 0.600. The van der Waals surface area contributed by atoms with E-state index in [0.29, 0.717) is 6.42 Å². The first-order valence-corrected chi connectivity index (χ1v) is 4.25. The summed E-state index contributed by atoms with van der Waals surface area (Å²) in [4.78, 5) is 0. The van der Waals surface area contributed by atoms with Gasteiger partial charge < -0.3 is 0 Å².